The molecule has 37 heavy (non-hydrogen) atoms. The van der Waals surface area contributed by atoms with Gasteiger partial charge in [-0.25, -0.2) is 18.4 Å². The van der Waals surface area contributed by atoms with Crippen LogP contribution in [0.3, 0.4) is 0 Å². The fourth-order valence-electron chi connectivity index (χ4n) is 4.87. The van der Waals surface area contributed by atoms with Crippen molar-refractivity contribution in [2.75, 3.05) is 11.1 Å². The van der Waals surface area contributed by atoms with Crippen LogP contribution in [0.1, 0.15) is 53.1 Å². The molecule has 3 heterocycles. The van der Waals surface area contributed by atoms with Gasteiger partial charge in [-0.05, 0) is 56.0 Å². The Morgan fingerprint density at radius 2 is 1.84 bits per heavy atom. The van der Waals surface area contributed by atoms with Crippen LogP contribution < -0.4 is 5.32 Å². The van der Waals surface area contributed by atoms with Crippen molar-refractivity contribution in [3.8, 4) is 0 Å². The van der Waals surface area contributed by atoms with Crippen LogP contribution >= 0.6 is 0 Å². The van der Waals surface area contributed by atoms with Crippen LogP contribution in [0.4, 0.5) is 5.82 Å². The zero-order valence-corrected chi connectivity index (χ0v) is 21.7. The Bertz CT molecular complexity index is 1640. The van der Waals surface area contributed by atoms with Gasteiger partial charge >= 0.3 is 0 Å². The number of fused-ring (bicyclic) bond motifs is 2. The molecule has 4 aromatic rings. The van der Waals surface area contributed by atoms with Gasteiger partial charge in [-0.1, -0.05) is 19.1 Å². The third kappa shape index (κ3) is 4.42. The molecule has 190 valence electrons. The number of aryl methyl sites for hydroxylation is 2. The SMILES string of the molecule is CCS(=O)(=O)c1ccc(CC(=O)Nc2cc(C)c3c(n2)CCC(C)(c2nccn4ccnc24)C3=O)cc1. The van der Waals surface area contributed by atoms with Crippen molar-refractivity contribution in [2.24, 2.45) is 0 Å². The molecule has 1 atom stereocenters. The van der Waals surface area contributed by atoms with Gasteiger partial charge in [0.15, 0.2) is 21.3 Å². The summed E-state index contributed by atoms with van der Waals surface area (Å²) in [4.78, 5) is 40.3. The highest BCUT2D eigenvalue weighted by molar-refractivity contribution is 7.91. The monoisotopic (exact) mass is 517 g/mol. The lowest BCUT2D eigenvalue weighted by atomic mass is 9.70. The Kier molecular flexibility index (Phi) is 6.15. The van der Waals surface area contributed by atoms with Gasteiger partial charge in [0.05, 0.1) is 33.9 Å². The number of Topliss-reactive ketones (excluding diaryl/α,β-unsaturated/α-hetero) is 1. The summed E-state index contributed by atoms with van der Waals surface area (Å²) in [6, 6.07) is 8.03. The van der Waals surface area contributed by atoms with E-state index >= 15 is 0 Å². The molecule has 1 unspecified atom stereocenters. The number of pyridine rings is 1. The van der Waals surface area contributed by atoms with Gasteiger partial charge in [-0.2, -0.15) is 0 Å². The summed E-state index contributed by atoms with van der Waals surface area (Å²) in [6.07, 6.45) is 8.15. The van der Waals surface area contributed by atoms with Crippen LogP contribution in [0.5, 0.6) is 0 Å². The van der Waals surface area contributed by atoms with E-state index in [9.17, 15) is 18.0 Å². The second-order valence-corrected chi connectivity index (χ2v) is 11.8. The van der Waals surface area contributed by atoms with E-state index in [-0.39, 0.29) is 28.8 Å². The summed E-state index contributed by atoms with van der Waals surface area (Å²) < 4.78 is 25.8. The molecule has 1 N–H and O–H groups in total. The zero-order valence-electron chi connectivity index (χ0n) is 20.9. The van der Waals surface area contributed by atoms with Gasteiger partial charge in [0.25, 0.3) is 0 Å². The molecule has 10 heteroatoms. The Balaban J connectivity index is 1.36. The largest absolute Gasteiger partial charge is 0.310 e. The molecular weight excluding hydrogens is 490 g/mol. The van der Waals surface area contributed by atoms with Crippen LogP contribution in [-0.2, 0) is 32.9 Å². The van der Waals surface area contributed by atoms with Crippen molar-refractivity contribution < 1.29 is 18.0 Å². The van der Waals surface area contributed by atoms with Gasteiger partial charge in [-0.15, -0.1) is 0 Å². The first-order chi connectivity index (χ1) is 17.6. The number of aromatic nitrogens is 4. The predicted octanol–water partition coefficient (Wildman–Crippen LogP) is 3.49. The van der Waals surface area contributed by atoms with E-state index in [2.05, 4.69) is 20.3 Å². The highest BCUT2D eigenvalue weighted by Gasteiger charge is 2.44. The molecule has 0 fully saturated rings. The molecule has 0 spiro atoms. The lowest BCUT2D eigenvalue weighted by molar-refractivity contribution is -0.115. The van der Waals surface area contributed by atoms with Crippen molar-refractivity contribution >= 4 is 33.0 Å². The van der Waals surface area contributed by atoms with Crippen molar-refractivity contribution in [3.63, 3.8) is 0 Å². The molecule has 0 radical (unpaired) electrons. The number of imidazole rings is 1. The van der Waals surface area contributed by atoms with Crippen molar-refractivity contribution in [2.45, 2.75) is 50.3 Å². The van der Waals surface area contributed by atoms with E-state index in [0.29, 0.717) is 46.8 Å². The van der Waals surface area contributed by atoms with Crippen LogP contribution in [0.25, 0.3) is 5.65 Å². The lowest BCUT2D eigenvalue weighted by Crippen LogP contribution is -2.39. The second-order valence-electron chi connectivity index (χ2n) is 9.51. The van der Waals surface area contributed by atoms with Crippen molar-refractivity contribution in [1.82, 2.24) is 19.4 Å². The van der Waals surface area contributed by atoms with Crippen LogP contribution in [-0.4, -0.2) is 45.2 Å². The van der Waals surface area contributed by atoms with Crippen LogP contribution in [0.15, 0.2) is 60.0 Å². The molecule has 0 saturated carbocycles. The molecule has 1 aliphatic rings. The van der Waals surface area contributed by atoms with Gasteiger partial charge in [-0.3, -0.25) is 14.6 Å². The number of amides is 1. The Morgan fingerprint density at radius 1 is 1.14 bits per heavy atom. The van der Waals surface area contributed by atoms with Gasteiger partial charge in [0.1, 0.15) is 5.82 Å². The summed E-state index contributed by atoms with van der Waals surface area (Å²) in [7, 11) is -3.29. The number of carbonyl (C=O) groups excluding carboxylic acids is 2. The molecule has 0 aliphatic heterocycles. The minimum Gasteiger partial charge on any atom is -0.310 e. The standard InChI is InChI=1S/C27H27N5O4S/c1-4-37(35,36)19-7-5-18(6-8-19)16-22(33)31-21-15-17(2)23-20(30-21)9-10-27(3,25(23)34)24-26-29-12-14-32(26)13-11-28-24/h5-8,11-15H,4,9-10,16H2,1-3H3,(H,30,31,33). The average molecular weight is 518 g/mol. The number of nitrogens with zero attached hydrogens (tertiary/aromatic N) is 4. The fraction of sp³-hybridized carbons (Fsp3) is 0.296. The third-order valence-corrected chi connectivity index (χ3v) is 8.76. The molecule has 0 bridgehead atoms. The third-order valence-electron chi connectivity index (χ3n) is 7.01. The normalized spacial score (nSPS) is 17.5. The van der Waals surface area contributed by atoms with Crippen molar-refractivity contribution in [3.05, 3.63) is 83.2 Å². The van der Waals surface area contributed by atoms with E-state index in [1.54, 1.807) is 43.7 Å². The minimum atomic E-state index is -3.29. The zero-order chi connectivity index (χ0) is 26.4. The van der Waals surface area contributed by atoms with Crippen molar-refractivity contribution in [1.29, 1.82) is 0 Å². The summed E-state index contributed by atoms with van der Waals surface area (Å²) in [5.74, 6) is 0.0756. The van der Waals surface area contributed by atoms with E-state index in [4.69, 9.17) is 0 Å². The number of sulfone groups is 1. The van der Waals surface area contributed by atoms with Crippen LogP contribution in [0, 0.1) is 6.92 Å². The lowest BCUT2D eigenvalue weighted by Gasteiger charge is -2.33. The predicted molar refractivity (Wildman–Crippen MR) is 138 cm³/mol. The Labute approximate surface area is 214 Å². The topological polar surface area (TPSA) is 123 Å². The Hall–Kier alpha value is -3.92. The van der Waals surface area contributed by atoms with E-state index in [1.807, 2.05) is 24.4 Å². The number of rotatable bonds is 6. The maximum atomic E-state index is 13.8. The quantitative estimate of drug-likeness (QED) is 0.415. The molecule has 5 rings (SSSR count). The summed E-state index contributed by atoms with van der Waals surface area (Å²) in [6.45, 7) is 5.34. The smallest absolute Gasteiger partial charge is 0.229 e. The number of anilines is 1. The van der Waals surface area contributed by atoms with E-state index < -0.39 is 15.3 Å². The summed E-state index contributed by atoms with van der Waals surface area (Å²) in [5.41, 5.74) is 3.11. The maximum absolute atomic E-state index is 13.8. The van der Waals surface area contributed by atoms with Gasteiger partial charge in [0.2, 0.25) is 5.91 Å². The van der Waals surface area contributed by atoms with E-state index in [0.717, 1.165) is 5.56 Å². The first-order valence-corrected chi connectivity index (χ1v) is 13.7. The number of ketones is 1. The summed E-state index contributed by atoms with van der Waals surface area (Å²) >= 11 is 0. The Morgan fingerprint density at radius 3 is 2.54 bits per heavy atom. The fourth-order valence-corrected chi connectivity index (χ4v) is 5.76. The number of carbonyl (C=O) groups is 2. The number of benzene rings is 1. The first-order valence-electron chi connectivity index (χ1n) is 12.1. The molecule has 9 nitrogen and oxygen atoms in total. The van der Waals surface area contributed by atoms with E-state index in [1.165, 1.54) is 12.1 Å². The molecule has 1 aliphatic carbocycles. The summed E-state index contributed by atoms with van der Waals surface area (Å²) in [5, 5.41) is 2.82. The average Bonchev–Trinajstić information content (AvgIpc) is 3.35. The number of hydrogen-bond acceptors (Lipinski definition) is 7. The van der Waals surface area contributed by atoms with Gasteiger partial charge < -0.3 is 9.72 Å². The molecule has 0 saturated heterocycles. The number of hydrogen-bond donors (Lipinski definition) is 1. The highest BCUT2D eigenvalue weighted by Crippen LogP contribution is 2.39. The molecular formula is C27H27N5O4S. The first kappa shape index (κ1) is 24.8. The second kappa shape index (κ2) is 9.19. The van der Waals surface area contributed by atoms with Crippen LogP contribution in [0.2, 0.25) is 0 Å². The molecule has 1 aromatic carbocycles. The van der Waals surface area contributed by atoms with Gasteiger partial charge in [0, 0.05) is 30.4 Å². The number of nitrogens with one attached hydrogen (secondary N) is 1. The molecule has 3 aromatic heterocycles. The maximum Gasteiger partial charge on any atom is 0.229 e. The molecule has 1 amide bonds. The highest BCUT2D eigenvalue weighted by atomic mass is 32.2. The minimum absolute atomic E-state index is 0.0212.